The number of amides is 2. The van der Waals surface area contributed by atoms with Gasteiger partial charge in [0.25, 0.3) is 21.7 Å². The van der Waals surface area contributed by atoms with Gasteiger partial charge in [-0.3, -0.25) is 24.3 Å². The summed E-state index contributed by atoms with van der Waals surface area (Å²) in [6.07, 6.45) is 6.66. The molecule has 4 aliphatic heterocycles. The molecule has 1 unspecified atom stereocenters. The maximum absolute atomic E-state index is 13.3. The largest absolute Gasteiger partial charge is 0.495 e. The molecule has 0 aliphatic carbocycles. The van der Waals surface area contributed by atoms with Crippen LogP contribution in [0.25, 0.3) is 0 Å². The van der Waals surface area contributed by atoms with Crippen LogP contribution in [-0.2, 0) is 56.3 Å². The molecule has 5 atom stereocenters. The van der Waals surface area contributed by atoms with Crippen molar-refractivity contribution in [3.63, 3.8) is 0 Å². The molecule has 19 nitrogen and oxygen atoms in total. The Balaban J connectivity index is 0.986. The Morgan fingerprint density at radius 2 is 1.80 bits per heavy atom. The number of methoxy groups -OCH3 is 1. The van der Waals surface area contributed by atoms with Crippen LogP contribution in [0.15, 0.2) is 102 Å². The molecule has 3 aromatic carbocycles. The molecule has 4 aliphatic rings. The number of carbonyl (C=O) groups is 2. The summed E-state index contributed by atoms with van der Waals surface area (Å²) in [5.74, 6) is 5.53. The molecule has 454 valence electrons. The molecule has 0 saturated carbocycles. The van der Waals surface area contributed by atoms with Crippen LogP contribution >= 0.6 is 6.49 Å². The maximum Gasteiger partial charge on any atom is 0.294 e. The molecule has 4 heterocycles. The number of rotatable bonds is 21. The topological polar surface area (TPSA) is 243 Å². The van der Waals surface area contributed by atoms with Gasteiger partial charge in [0.1, 0.15) is 30.4 Å². The van der Waals surface area contributed by atoms with Crippen LogP contribution in [-0.4, -0.2) is 118 Å². The highest BCUT2D eigenvalue weighted by Gasteiger charge is 2.46. The van der Waals surface area contributed by atoms with E-state index in [1.165, 1.54) is 54.0 Å². The third-order valence-corrected chi connectivity index (χ3v) is 20.9. The summed E-state index contributed by atoms with van der Waals surface area (Å²) in [6.45, 7) is 25.3. The van der Waals surface area contributed by atoms with E-state index in [0.29, 0.717) is 25.8 Å². The molecule has 0 spiro atoms. The van der Waals surface area contributed by atoms with E-state index in [0.717, 1.165) is 23.5 Å². The van der Waals surface area contributed by atoms with E-state index in [1.807, 2.05) is 34.6 Å². The fourth-order valence-corrected chi connectivity index (χ4v) is 12.5. The summed E-state index contributed by atoms with van der Waals surface area (Å²) >= 11 is 5.35. The van der Waals surface area contributed by atoms with E-state index in [4.69, 9.17) is 30.5 Å². The summed E-state index contributed by atoms with van der Waals surface area (Å²) in [6, 6.07) is 14.1. The molecule has 7 rings (SSSR count). The number of fused-ring (bicyclic) bond motifs is 2. The normalized spacial score (nSPS) is 21.0. The lowest BCUT2D eigenvalue weighted by molar-refractivity contribution is -0.438. The minimum atomic E-state index is -4.45. The van der Waals surface area contributed by atoms with Gasteiger partial charge in [-0.15, -0.1) is 0 Å². The van der Waals surface area contributed by atoms with Crippen LogP contribution in [0, 0.1) is 34.3 Å². The van der Waals surface area contributed by atoms with Crippen molar-refractivity contribution >= 4 is 63.0 Å². The Bertz CT molecular complexity index is 3450. The Labute approximate surface area is 499 Å². The van der Waals surface area contributed by atoms with E-state index in [-0.39, 0.29) is 82.8 Å². The molecule has 1 fully saturated rings. The van der Waals surface area contributed by atoms with Crippen molar-refractivity contribution in [3.05, 3.63) is 135 Å². The molecule has 0 aromatic heterocycles. The molecule has 22 heteroatoms. The lowest BCUT2D eigenvalue weighted by atomic mass is 9.81. The quantitative estimate of drug-likeness (QED) is 0.0127. The van der Waals surface area contributed by atoms with E-state index in [9.17, 15) is 42.7 Å². The monoisotopic (exact) mass is 1210 g/mol. The first-order valence-electron chi connectivity index (χ1n) is 28.2. The summed E-state index contributed by atoms with van der Waals surface area (Å²) in [4.78, 5) is 53.1. The average Bonchev–Trinajstić information content (AvgIpc) is 1.77. The number of anilines is 1. The van der Waals surface area contributed by atoms with Crippen LogP contribution in [0.2, 0.25) is 0 Å². The summed E-state index contributed by atoms with van der Waals surface area (Å²) in [5.41, 5.74) is 6.11. The summed E-state index contributed by atoms with van der Waals surface area (Å²) in [7, 11) is -3.03. The highest BCUT2D eigenvalue weighted by Crippen LogP contribution is 2.56. The second-order valence-electron chi connectivity index (χ2n) is 24.8. The highest BCUT2D eigenvalue weighted by molar-refractivity contribution is 8.10. The molecule has 2 amide bonds. The minimum absolute atomic E-state index is 0.0353. The Hall–Kier alpha value is -6.05. The van der Waals surface area contributed by atoms with Crippen molar-refractivity contribution in [3.8, 4) is 17.6 Å². The van der Waals surface area contributed by atoms with Crippen molar-refractivity contribution in [1.29, 1.82) is 0 Å². The lowest BCUT2D eigenvalue weighted by Crippen LogP contribution is -2.44. The van der Waals surface area contributed by atoms with Gasteiger partial charge in [-0.1, -0.05) is 97.6 Å². The van der Waals surface area contributed by atoms with Crippen LogP contribution in [0.4, 0.5) is 17.1 Å². The van der Waals surface area contributed by atoms with Crippen molar-refractivity contribution in [1.82, 2.24) is 15.5 Å². The number of allylic oxidation sites excluding steroid dienone is 4. The van der Waals surface area contributed by atoms with Gasteiger partial charge in [0.05, 0.1) is 71.0 Å². The first-order chi connectivity index (χ1) is 39.1. The van der Waals surface area contributed by atoms with Gasteiger partial charge in [0, 0.05) is 77.7 Å². The zero-order chi connectivity index (χ0) is 62.1. The van der Waals surface area contributed by atoms with Gasteiger partial charge in [0.2, 0.25) is 11.6 Å². The molecule has 1 saturated heterocycles. The minimum Gasteiger partial charge on any atom is -0.495 e. The number of likely N-dealkylation sites (N-methyl/N-ethyl adjacent to an activating group) is 1. The zero-order valence-electron chi connectivity index (χ0n) is 50.5. The number of hydrogen-bond donors (Lipinski definition) is 5. The van der Waals surface area contributed by atoms with Crippen LogP contribution < -0.4 is 20.3 Å². The van der Waals surface area contributed by atoms with Gasteiger partial charge in [0.15, 0.2) is 12.2 Å². The smallest absolute Gasteiger partial charge is 0.294 e. The Morgan fingerprint density at radius 3 is 2.44 bits per heavy atom. The number of nitro groups is 1. The van der Waals surface area contributed by atoms with Crippen molar-refractivity contribution < 1.29 is 60.8 Å². The number of aliphatic hydroxyl groups is 1. The van der Waals surface area contributed by atoms with Crippen molar-refractivity contribution in [2.75, 3.05) is 44.9 Å². The van der Waals surface area contributed by atoms with Crippen LogP contribution in [0.1, 0.15) is 142 Å². The number of aryl methyl sites for hydroxylation is 1. The van der Waals surface area contributed by atoms with E-state index >= 15 is 0 Å². The first kappa shape index (κ1) is 65.5. The van der Waals surface area contributed by atoms with Crippen molar-refractivity contribution in [2.45, 2.75) is 161 Å². The van der Waals surface area contributed by atoms with E-state index in [2.05, 4.69) is 103 Å². The fraction of sp³-hybridized carbons (Fsp3) is 0.500. The predicted octanol–water partition coefficient (Wildman–Crippen LogP) is 10.0. The number of unbranched alkanes of at least 4 members (excludes halogenated alkanes) is 2. The van der Waals surface area contributed by atoms with E-state index < -0.39 is 68.0 Å². The molecule has 0 bridgehead atoms. The zero-order valence-corrected chi connectivity index (χ0v) is 53.0. The lowest BCUT2D eigenvalue weighted by Gasteiger charge is -2.35. The summed E-state index contributed by atoms with van der Waals surface area (Å²) < 4.78 is 60.7. The number of hydrogen-bond acceptors (Lipinski definition) is 14. The average molecular weight is 1210 g/mol. The molecule has 3 aromatic rings. The second-order valence-corrected chi connectivity index (χ2v) is 30.4. The van der Waals surface area contributed by atoms with E-state index in [1.54, 1.807) is 37.8 Å². The van der Waals surface area contributed by atoms with Crippen LogP contribution in [0.3, 0.4) is 0 Å². The van der Waals surface area contributed by atoms with Gasteiger partial charge in [-0.05, 0) is 93.7 Å². The number of ether oxygens (including phenoxy) is 3. The molecule has 84 heavy (non-hydrogen) atoms. The Morgan fingerprint density at radius 1 is 1.08 bits per heavy atom. The standard InChI is InChI=1S/C62H81N6O13PS2/c1-15-65-47-27-25-39(2)31-45(47)61(10,11)53(65)22-19-23-54-62(12,13)46-33-43(84(75,76)77)26-28-48(46)66(54)30-18-16-17-24-55(70)63-29-20-21-41-32-49(68(72)73)44(34-51(41)78-14)57(59(4,5)6)79-37-42-36-67(40(3)64-58(42)71)56-35-50(69)52(81-56)38-80-82(74,83)60(7,8)9/h19,22-23,25-28,31-34,36,50,52,56-57,69H,3,15-18,24,29-30,35,37-38H2,1-2,4-14H3,(H3-,63,64,70,71,74,75,76,77,83)/p+1/t50-,52-,56-,57-,82?/m1/s1. The number of carbonyl (C=O) groups excluding carboxylic acids is 2. The number of nitrogens with one attached hydrogen (secondary N) is 2. The third kappa shape index (κ3) is 14.3. The summed E-state index contributed by atoms with van der Waals surface area (Å²) in [5, 5.41) is 28.5. The van der Waals surface area contributed by atoms with Crippen LogP contribution in [0.5, 0.6) is 5.75 Å². The maximum atomic E-state index is 13.3. The van der Waals surface area contributed by atoms with Gasteiger partial charge in [-0.2, -0.15) is 13.0 Å². The fourth-order valence-electron chi connectivity index (χ4n) is 11.1. The SMILES string of the molecule is C=C1NC(=O)C(CO[C@H](c2cc(OC)c(C#CCNC(=O)CCCCC[N+]3=C(C=CC=C4N(CC)c5ccc(C)cc5C4(C)C)C(C)(C)c4cc(S(=O)(=O)O)ccc43)cc2[N+](=O)[O-])C(C)(C)C)=CN1[C@H]1C[C@@H](O)[C@@H](COP(O)(=S)C(C)(C)C)O1. The number of aliphatic hydroxyl groups excluding tert-OH is 1. The molecular weight excluding hydrogens is 1130 g/mol. The predicted molar refractivity (Wildman–Crippen MR) is 328 cm³/mol. The molecular formula is C62H82N6O13PS2+. The number of nitrogens with zero attached hydrogens (tertiary/aromatic N) is 4. The first-order valence-corrected chi connectivity index (χ1v) is 32.3. The number of nitro benzene ring substituents is 1. The number of benzene rings is 3. The highest BCUT2D eigenvalue weighted by atomic mass is 32.5. The van der Waals surface area contributed by atoms with Gasteiger partial charge >= 0.3 is 0 Å². The van der Waals surface area contributed by atoms with Gasteiger partial charge < -0.3 is 49.2 Å². The second kappa shape index (κ2) is 25.5. The van der Waals surface area contributed by atoms with Gasteiger partial charge in [-0.25, -0.2) is 0 Å². The Kier molecular flexibility index (Phi) is 19.9. The molecule has 0 radical (unpaired) electrons. The van der Waals surface area contributed by atoms with Crippen molar-refractivity contribution in [2.24, 2.45) is 5.41 Å². The molecule has 5 N–H and O–H groups in total. The third-order valence-electron chi connectivity index (χ3n) is 15.9.